The molecule has 6 heteroatoms. The number of hydrogen-bond acceptors (Lipinski definition) is 5. The number of pyridine rings is 1. The molecule has 2 heterocycles. The molecule has 0 aliphatic carbocycles. The molecule has 0 atom stereocenters. The van der Waals surface area contributed by atoms with E-state index < -0.39 is 5.97 Å². The van der Waals surface area contributed by atoms with E-state index in [1.165, 1.54) is 0 Å². The summed E-state index contributed by atoms with van der Waals surface area (Å²) in [5.41, 5.74) is 9.98. The van der Waals surface area contributed by atoms with Crippen molar-refractivity contribution in [2.45, 2.75) is 33.7 Å². The predicted octanol–water partition coefficient (Wildman–Crippen LogP) is 2.55. The second-order valence-electron chi connectivity index (χ2n) is 6.15. The summed E-state index contributed by atoms with van der Waals surface area (Å²) in [6.45, 7) is 6.14. The van der Waals surface area contributed by atoms with Gasteiger partial charge in [0.25, 0.3) is 0 Å². The van der Waals surface area contributed by atoms with Crippen molar-refractivity contribution in [3.8, 4) is 0 Å². The second-order valence-corrected chi connectivity index (χ2v) is 6.15. The first kappa shape index (κ1) is 17.0. The third-order valence-corrected chi connectivity index (χ3v) is 4.33. The van der Waals surface area contributed by atoms with Crippen LogP contribution in [0, 0.1) is 13.8 Å². The number of nitrogens with zero attached hydrogens (tertiary/aromatic N) is 2. The summed E-state index contributed by atoms with van der Waals surface area (Å²) in [5.74, 6) is -0.0407. The number of aryl methyl sites for hydroxylation is 2. The van der Waals surface area contributed by atoms with Gasteiger partial charge in [0.1, 0.15) is 11.4 Å². The number of amides is 1. The number of hydrogen-bond donors (Lipinski definition) is 1. The van der Waals surface area contributed by atoms with Crippen molar-refractivity contribution in [3.63, 3.8) is 0 Å². The van der Waals surface area contributed by atoms with Gasteiger partial charge in [0.05, 0.1) is 31.0 Å². The molecule has 1 aromatic heterocycles. The Labute approximate surface area is 146 Å². The molecule has 1 aliphatic rings. The van der Waals surface area contributed by atoms with Crippen LogP contribution >= 0.6 is 0 Å². The van der Waals surface area contributed by atoms with Gasteiger partial charge >= 0.3 is 5.97 Å². The Bertz CT molecular complexity index is 844. The summed E-state index contributed by atoms with van der Waals surface area (Å²) in [7, 11) is 0. The van der Waals surface area contributed by atoms with Crippen LogP contribution in [-0.4, -0.2) is 23.5 Å². The first-order chi connectivity index (χ1) is 11.9. The minimum Gasteiger partial charge on any atom is -0.462 e. The molecule has 3 rings (SSSR count). The van der Waals surface area contributed by atoms with E-state index in [0.29, 0.717) is 29.3 Å². The number of rotatable bonds is 4. The zero-order chi connectivity index (χ0) is 18.1. The van der Waals surface area contributed by atoms with Crippen LogP contribution in [0.3, 0.4) is 0 Å². The van der Waals surface area contributed by atoms with Gasteiger partial charge in [-0.3, -0.25) is 9.69 Å². The molecule has 0 bridgehead atoms. The van der Waals surface area contributed by atoms with E-state index >= 15 is 0 Å². The molecule has 130 valence electrons. The first-order valence-corrected chi connectivity index (χ1v) is 8.24. The summed E-state index contributed by atoms with van der Waals surface area (Å²) in [6, 6.07) is 8.00. The summed E-state index contributed by atoms with van der Waals surface area (Å²) < 4.78 is 5.05. The van der Waals surface area contributed by atoms with Crippen molar-refractivity contribution in [3.05, 3.63) is 52.2 Å². The second kappa shape index (κ2) is 6.55. The largest absolute Gasteiger partial charge is 0.462 e. The van der Waals surface area contributed by atoms with Crippen molar-refractivity contribution in [1.82, 2.24) is 4.98 Å². The number of benzene rings is 1. The highest BCUT2D eigenvalue weighted by atomic mass is 16.5. The van der Waals surface area contributed by atoms with Crippen LogP contribution in [0.25, 0.3) is 0 Å². The van der Waals surface area contributed by atoms with Gasteiger partial charge in [0, 0.05) is 5.56 Å². The number of carbonyl (C=O) groups excluding carboxylic acids is 2. The molecule has 25 heavy (non-hydrogen) atoms. The molecule has 1 aliphatic heterocycles. The molecule has 0 saturated heterocycles. The Hall–Kier alpha value is -2.89. The Balaban J connectivity index is 1.98. The Kier molecular flexibility index (Phi) is 4.44. The standard InChI is InChI=1S/C19H21N3O3/c1-4-25-19(24)16-12(3)21-18-14(17(16)20)9-15(23)22(18)10-13-7-5-11(2)6-8-13/h5-8H,4,9-10H2,1-3H3,(H2,20,21). The summed E-state index contributed by atoms with van der Waals surface area (Å²) in [5, 5.41) is 0. The van der Waals surface area contributed by atoms with Gasteiger partial charge in [0.2, 0.25) is 5.91 Å². The minimum atomic E-state index is -0.503. The van der Waals surface area contributed by atoms with Gasteiger partial charge in [-0.2, -0.15) is 0 Å². The van der Waals surface area contributed by atoms with Gasteiger partial charge in [-0.25, -0.2) is 9.78 Å². The lowest BCUT2D eigenvalue weighted by atomic mass is 10.1. The molecule has 2 aromatic rings. The fourth-order valence-electron chi connectivity index (χ4n) is 3.01. The maximum Gasteiger partial charge on any atom is 0.342 e. The molecular weight excluding hydrogens is 318 g/mol. The van der Waals surface area contributed by atoms with E-state index in [2.05, 4.69) is 4.98 Å². The van der Waals surface area contributed by atoms with Gasteiger partial charge < -0.3 is 10.5 Å². The van der Waals surface area contributed by atoms with Crippen LogP contribution in [0.2, 0.25) is 0 Å². The van der Waals surface area contributed by atoms with Gasteiger partial charge in [-0.15, -0.1) is 0 Å². The zero-order valence-electron chi connectivity index (χ0n) is 14.6. The van der Waals surface area contributed by atoms with Crippen molar-refractivity contribution >= 4 is 23.4 Å². The van der Waals surface area contributed by atoms with E-state index in [1.54, 1.807) is 18.7 Å². The predicted molar refractivity (Wildman–Crippen MR) is 95.4 cm³/mol. The first-order valence-electron chi connectivity index (χ1n) is 8.24. The van der Waals surface area contributed by atoms with Crippen molar-refractivity contribution in [2.24, 2.45) is 0 Å². The number of fused-ring (bicyclic) bond motifs is 1. The SMILES string of the molecule is CCOC(=O)c1c(C)nc2c(c1N)CC(=O)N2Cc1ccc(C)cc1. The number of aromatic nitrogens is 1. The third kappa shape index (κ3) is 3.07. The Morgan fingerprint density at radius 3 is 2.60 bits per heavy atom. The van der Waals surface area contributed by atoms with Crippen LogP contribution in [0.4, 0.5) is 11.5 Å². The summed E-state index contributed by atoms with van der Waals surface area (Å²) in [4.78, 5) is 30.7. The maximum absolute atomic E-state index is 12.5. The van der Waals surface area contributed by atoms with E-state index in [1.807, 2.05) is 31.2 Å². The van der Waals surface area contributed by atoms with Crippen molar-refractivity contribution in [2.75, 3.05) is 17.2 Å². The molecular formula is C19H21N3O3. The molecule has 0 radical (unpaired) electrons. The maximum atomic E-state index is 12.5. The topological polar surface area (TPSA) is 85.5 Å². The highest BCUT2D eigenvalue weighted by Gasteiger charge is 2.33. The van der Waals surface area contributed by atoms with E-state index in [4.69, 9.17) is 10.5 Å². The highest BCUT2D eigenvalue weighted by Crippen LogP contribution is 2.35. The smallest absolute Gasteiger partial charge is 0.342 e. The van der Waals surface area contributed by atoms with Crippen molar-refractivity contribution < 1.29 is 14.3 Å². The highest BCUT2D eigenvalue weighted by molar-refractivity contribution is 6.05. The minimum absolute atomic E-state index is 0.0739. The van der Waals surface area contributed by atoms with Gasteiger partial charge in [-0.05, 0) is 26.3 Å². The number of carbonyl (C=O) groups is 2. The van der Waals surface area contributed by atoms with E-state index in [-0.39, 0.29) is 24.5 Å². The lowest BCUT2D eigenvalue weighted by Crippen LogP contribution is -2.26. The normalized spacial score (nSPS) is 13.1. The molecule has 0 saturated carbocycles. The van der Waals surface area contributed by atoms with Crippen LogP contribution in [0.15, 0.2) is 24.3 Å². The molecule has 2 N–H and O–H groups in total. The Morgan fingerprint density at radius 1 is 1.28 bits per heavy atom. The van der Waals surface area contributed by atoms with Crippen LogP contribution in [0.5, 0.6) is 0 Å². The molecule has 0 spiro atoms. The molecule has 0 fully saturated rings. The lowest BCUT2D eigenvalue weighted by molar-refractivity contribution is -0.117. The number of esters is 1. The number of anilines is 2. The van der Waals surface area contributed by atoms with Crippen LogP contribution < -0.4 is 10.6 Å². The van der Waals surface area contributed by atoms with E-state index in [9.17, 15) is 9.59 Å². The summed E-state index contributed by atoms with van der Waals surface area (Å²) >= 11 is 0. The van der Waals surface area contributed by atoms with E-state index in [0.717, 1.165) is 11.1 Å². The fourth-order valence-corrected chi connectivity index (χ4v) is 3.01. The van der Waals surface area contributed by atoms with Gasteiger partial charge in [0.15, 0.2) is 0 Å². The van der Waals surface area contributed by atoms with Crippen LogP contribution in [0.1, 0.15) is 39.7 Å². The number of ether oxygens (including phenoxy) is 1. The zero-order valence-corrected chi connectivity index (χ0v) is 14.6. The molecule has 6 nitrogen and oxygen atoms in total. The monoisotopic (exact) mass is 339 g/mol. The molecule has 0 unspecified atom stereocenters. The van der Waals surface area contributed by atoms with Crippen molar-refractivity contribution in [1.29, 1.82) is 0 Å². The van der Waals surface area contributed by atoms with Crippen LogP contribution in [-0.2, 0) is 22.5 Å². The van der Waals surface area contributed by atoms with Gasteiger partial charge in [-0.1, -0.05) is 29.8 Å². The summed E-state index contributed by atoms with van der Waals surface area (Å²) in [6.07, 6.45) is 0.146. The third-order valence-electron chi connectivity index (χ3n) is 4.33. The Morgan fingerprint density at radius 2 is 1.96 bits per heavy atom. The number of nitrogens with two attached hydrogens (primary N) is 1. The quantitative estimate of drug-likeness (QED) is 0.865. The average Bonchev–Trinajstić information content (AvgIpc) is 2.86. The lowest BCUT2D eigenvalue weighted by Gasteiger charge is -2.18. The molecule has 1 aromatic carbocycles. The fraction of sp³-hybridized carbons (Fsp3) is 0.316. The number of nitrogen functional groups attached to an aromatic ring is 1. The molecule has 1 amide bonds. The average molecular weight is 339 g/mol.